The maximum absolute atomic E-state index is 13.7. The van der Waals surface area contributed by atoms with Gasteiger partial charge in [-0.15, -0.1) is 0 Å². The van der Waals surface area contributed by atoms with Crippen LogP contribution in [-0.2, 0) is 0 Å². The Morgan fingerprint density at radius 1 is 1.50 bits per heavy atom. The molecule has 0 saturated carbocycles. The number of hydrogen-bond donors (Lipinski definition) is 3. The van der Waals surface area contributed by atoms with E-state index in [1.165, 1.54) is 25.6 Å². The standard InChI is InChI=1S/C11H14FN5O/c1-6(11-14-5-15-17-11)16-9-4-10(18-2)8(13)3-7(9)12/h3-6,16H,13H2,1-2H3,(H,14,15,17). The third-order valence-corrected chi connectivity index (χ3v) is 2.54. The lowest BCUT2D eigenvalue weighted by molar-refractivity contribution is 0.416. The molecule has 0 aliphatic heterocycles. The van der Waals surface area contributed by atoms with Gasteiger partial charge >= 0.3 is 0 Å². The highest BCUT2D eigenvalue weighted by Crippen LogP contribution is 2.29. The molecule has 96 valence electrons. The minimum atomic E-state index is -0.445. The number of aromatic nitrogens is 3. The molecule has 0 fully saturated rings. The van der Waals surface area contributed by atoms with Gasteiger partial charge in [-0.25, -0.2) is 9.37 Å². The summed E-state index contributed by atoms with van der Waals surface area (Å²) in [6.07, 6.45) is 1.40. The first kappa shape index (κ1) is 12.2. The molecule has 0 bridgehead atoms. The van der Waals surface area contributed by atoms with E-state index >= 15 is 0 Å². The average Bonchev–Trinajstić information content (AvgIpc) is 2.86. The Labute approximate surface area is 103 Å². The monoisotopic (exact) mass is 251 g/mol. The van der Waals surface area contributed by atoms with Gasteiger partial charge in [-0.1, -0.05) is 0 Å². The van der Waals surface area contributed by atoms with Gasteiger partial charge in [-0.2, -0.15) is 5.10 Å². The number of anilines is 2. The highest BCUT2D eigenvalue weighted by Gasteiger charge is 2.13. The number of nitrogen functional groups attached to an aromatic ring is 1. The van der Waals surface area contributed by atoms with Crippen LogP contribution in [0.25, 0.3) is 0 Å². The smallest absolute Gasteiger partial charge is 0.148 e. The number of ether oxygens (including phenoxy) is 1. The number of nitrogens with one attached hydrogen (secondary N) is 2. The normalized spacial score (nSPS) is 12.2. The lowest BCUT2D eigenvalue weighted by atomic mass is 10.2. The first-order chi connectivity index (χ1) is 8.61. The molecule has 18 heavy (non-hydrogen) atoms. The summed E-state index contributed by atoms with van der Waals surface area (Å²) in [7, 11) is 1.48. The largest absolute Gasteiger partial charge is 0.495 e. The lowest BCUT2D eigenvalue weighted by Gasteiger charge is -2.15. The summed E-state index contributed by atoms with van der Waals surface area (Å²) >= 11 is 0. The second kappa shape index (κ2) is 4.91. The zero-order chi connectivity index (χ0) is 13.1. The molecule has 1 aromatic heterocycles. The van der Waals surface area contributed by atoms with Gasteiger partial charge in [0.25, 0.3) is 0 Å². The Morgan fingerprint density at radius 2 is 2.28 bits per heavy atom. The number of aromatic amines is 1. The van der Waals surface area contributed by atoms with Crippen LogP contribution in [0.15, 0.2) is 18.5 Å². The predicted octanol–water partition coefficient (Wildman–Crippen LogP) is 1.71. The van der Waals surface area contributed by atoms with Gasteiger partial charge in [0, 0.05) is 12.1 Å². The average molecular weight is 251 g/mol. The van der Waals surface area contributed by atoms with Crippen molar-refractivity contribution in [2.24, 2.45) is 0 Å². The topological polar surface area (TPSA) is 88.8 Å². The van der Waals surface area contributed by atoms with Gasteiger partial charge in [0.1, 0.15) is 23.7 Å². The van der Waals surface area contributed by atoms with E-state index in [4.69, 9.17) is 10.5 Å². The van der Waals surface area contributed by atoms with Crippen molar-refractivity contribution in [3.8, 4) is 5.75 Å². The maximum Gasteiger partial charge on any atom is 0.148 e. The minimum Gasteiger partial charge on any atom is -0.495 e. The number of H-pyrrole nitrogens is 1. The van der Waals surface area contributed by atoms with Gasteiger partial charge in [0.05, 0.1) is 24.5 Å². The van der Waals surface area contributed by atoms with Crippen LogP contribution in [0.5, 0.6) is 5.75 Å². The van der Waals surface area contributed by atoms with Gasteiger partial charge in [0.2, 0.25) is 0 Å². The van der Waals surface area contributed by atoms with Crippen LogP contribution < -0.4 is 15.8 Å². The molecule has 4 N–H and O–H groups in total. The molecule has 1 heterocycles. The van der Waals surface area contributed by atoms with Gasteiger partial charge in [-0.3, -0.25) is 5.10 Å². The first-order valence-electron chi connectivity index (χ1n) is 5.36. The number of nitrogens with zero attached hydrogens (tertiary/aromatic N) is 2. The van der Waals surface area contributed by atoms with Crippen molar-refractivity contribution in [2.45, 2.75) is 13.0 Å². The molecule has 0 saturated heterocycles. The SMILES string of the molecule is COc1cc(NC(C)c2ncn[nH]2)c(F)cc1N. The van der Waals surface area contributed by atoms with Crippen molar-refractivity contribution in [1.29, 1.82) is 0 Å². The molecule has 0 aliphatic rings. The summed E-state index contributed by atoms with van der Waals surface area (Å²) in [5.74, 6) is 0.591. The molecular formula is C11H14FN5O. The molecule has 2 rings (SSSR count). The first-order valence-corrected chi connectivity index (χ1v) is 5.36. The molecule has 0 radical (unpaired) electrons. The van der Waals surface area contributed by atoms with Crippen molar-refractivity contribution in [3.63, 3.8) is 0 Å². The summed E-state index contributed by atoms with van der Waals surface area (Å²) < 4.78 is 18.8. The van der Waals surface area contributed by atoms with Crippen LogP contribution in [0.3, 0.4) is 0 Å². The second-order valence-electron chi connectivity index (χ2n) is 3.81. The number of nitrogens with two attached hydrogens (primary N) is 1. The molecule has 7 heteroatoms. The summed E-state index contributed by atoms with van der Waals surface area (Å²) in [4.78, 5) is 3.99. The molecule has 6 nitrogen and oxygen atoms in total. The summed E-state index contributed by atoms with van der Waals surface area (Å²) in [6.45, 7) is 1.84. The Balaban J connectivity index is 2.23. The Bertz CT molecular complexity index is 528. The Morgan fingerprint density at radius 3 is 2.89 bits per heavy atom. The molecular weight excluding hydrogens is 237 g/mol. The quantitative estimate of drug-likeness (QED) is 0.720. The van der Waals surface area contributed by atoms with Crippen LogP contribution in [0.2, 0.25) is 0 Å². The molecule has 0 spiro atoms. The summed E-state index contributed by atoms with van der Waals surface area (Å²) in [5, 5.41) is 9.43. The highest BCUT2D eigenvalue weighted by atomic mass is 19.1. The van der Waals surface area contributed by atoms with Crippen molar-refractivity contribution in [1.82, 2.24) is 15.2 Å². The van der Waals surface area contributed by atoms with Gasteiger partial charge in [0.15, 0.2) is 0 Å². The zero-order valence-electron chi connectivity index (χ0n) is 10.1. The highest BCUT2D eigenvalue weighted by molar-refractivity contribution is 5.62. The fraction of sp³-hybridized carbons (Fsp3) is 0.273. The Hall–Kier alpha value is -2.31. The number of halogens is 1. The zero-order valence-corrected chi connectivity index (χ0v) is 10.1. The van der Waals surface area contributed by atoms with E-state index in [0.717, 1.165) is 0 Å². The fourth-order valence-corrected chi connectivity index (χ4v) is 1.58. The fourth-order valence-electron chi connectivity index (χ4n) is 1.58. The summed E-state index contributed by atoms with van der Waals surface area (Å²) in [6, 6.07) is 2.52. The predicted molar refractivity (Wildman–Crippen MR) is 65.8 cm³/mol. The van der Waals surface area contributed by atoms with E-state index in [2.05, 4.69) is 20.5 Å². The van der Waals surface area contributed by atoms with Crippen LogP contribution in [0.1, 0.15) is 18.8 Å². The van der Waals surface area contributed by atoms with Crippen LogP contribution in [-0.4, -0.2) is 22.3 Å². The minimum absolute atomic E-state index is 0.213. The number of methoxy groups -OCH3 is 1. The van der Waals surface area contributed by atoms with Gasteiger partial charge < -0.3 is 15.8 Å². The molecule has 1 atom stereocenters. The number of benzene rings is 1. The van der Waals surface area contributed by atoms with E-state index in [1.54, 1.807) is 0 Å². The van der Waals surface area contributed by atoms with Crippen molar-refractivity contribution >= 4 is 11.4 Å². The molecule has 1 unspecified atom stereocenters. The second-order valence-corrected chi connectivity index (χ2v) is 3.81. The van der Waals surface area contributed by atoms with E-state index in [9.17, 15) is 4.39 Å². The number of hydrogen-bond acceptors (Lipinski definition) is 5. The van der Waals surface area contributed by atoms with Crippen LogP contribution in [0.4, 0.5) is 15.8 Å². The van der Waals surface area contributed by atoms with Crippen LogP contribution >= 0.6 is 0 Å². The van der Waals surface area contributed by atoms with Crippen LogP contribution in [0, 0.1) is 5.82 Å². The van der Waals surface area contributed by atoms with E-state index in [0.29, 0.717) is 17.3 Å². The van der Waals surface area contributed by atoms with Crippen molar-refractivity contribution in [3.05, 3.63) is 30.1 Å². The molecule has 0 aliphatic carbocycles. The van der Waals surface area contributed by atoms with E-state index in [1.807, 2.05) is 6.92 Å². The molecule has 1 aromatic carbocycles. The summed E-state index contributed by atoms with van der Waals surface area (Å²) in [5.41, 5.74) is 6.16. The van der Waals surface area contributed by atoms with Crippen molar-refractivity contribution in [2.75, 3.05) is 18.2 Å². The molecule has 2 aromatic rings. The van der Waals surface area contributed by atoms with E-state index < -0.39 is 5.82 Å². The third kappa shape index (κ3) is 2.34. The Kier molecular flexibility index (Phi) is 3.31. The van der Waals surface area contributed by atoms with Crippen molar-refractivity contribution < 1.29 is 9.13 Å². The van der Waals surface area contributed by atoms with E-state index in [-0.39, 0.29) is 11.7 Å². The van der Waals surface area contributed by atoms with Gasteiger partial charge in [-0.05, 0) is 6.92 Å². The number of rotatable bonds is 4. The lowest BCUT2D eigenvalue weighted by Crippen LogP contribution is -2.10. The third-order valence-electron chi connectivity index (χ3n) is 2.54. The molecule has 0 amide bonds. The maximum atomic E-state index is 13.7.